The number of anilines is 1. The van der Waals surface area contributed by atoms with Crippen molar-refractivity contribution < 1.29 is 13.6 Å². The molecule has 0 saturated heterocycles. The van der Waals surface area contributed by atoms with Crippen LogP contribution in [0.15, 0.2) is 18.2 Å². The van der Waals surface area contributed by atoms with Gasteiger partial charge in [0.25, 0.3) is 5.91 Å². The van der Waals surface area contributed by atoms with E-state index < -0.39 is 23.3 Å². The number of alkyl halides is 1. The number of nitrogens with one attached hydrogen (secondary N) is 1. The van der Waals surface area contributed by atoms with E-state index in [1.54, 1.807) is 12.1 Å². The third kappa shape index (κ3) is 1.07. The molecule has 2 aliphatic rings. The van der Waals surface area contributed by atoms with Crippen molar-refractivity contribution in [1.29, 1.82) is 0 Å². The Labute approximate surface area is 91.7 Å². The van der Waals surface area contributed by atoms with Crippen molar-refractivity contribution in [3.05, 3.63) is 29.6 Å². The molecule has 0 spiro atoms. The third-order valence-corrected chi connectivity index (χ3v) is 3.62. The van der Waals surface area contributed by atoms with Crippen LogP contribution >= 0.6 is 0 Å². The van der Waals surface area contributed by atoms with Gasteiger partial charge in [-0.05, 0) is 30.9 Å². The maximum Gasteiger partial charge on any atom is 0.262 e. The summed E-state index contributed by atoms with van der Waals surface area (Å²) in [5, 5.41) is 2.35. The molecule has 1 heterocycles. The van der Waals surface area contributed by atoms with Gasteiger partial charge in [-0.25, -0.2) is 8.78 Å². The fourth-order valence-corrected chi connectivity index (χ4v) is 2.82. The predicted molar refractivity (Wildman–Crippen MR) is 55.5 cm³/mol. The molecule has 1 aliphatic heterocycles. The monoisotopic (exact) mass is 223 g/mol. The van der Waals surface area contributed by atoms with E-state index >= 15 is 0 Å². The summed E-state index contributed by atoms with van der Waals surface area (Å²) in [6.45, 7) is 0. The molecule has 1 N–H and O–H groups in total. The van der Waals surface area contributed by atoms with Crippen LogP contribution in [0.4, 0.5) is 14.5 Å². The number of amides is 1. The SMILES string of the molecule is O=C1Nc2c(F)cccc2C2CCCC12F. The van der Waals surface area contributed by atoms with Crippen molar-refractivity contribution in [1.82, 2.24) is 0 Å². The minimum atomic E-state index is -1.83. The molecule has 4 heteroatoms. The molecule has 0 bridgehead atoms. The lowest BCUT2D eigenvalue weighted by atomic mass is 9.81. The highest BCUT2D eigenvalue weighted by molar-refractivity contribution is 6.01. The van der Waals surface area contributed by atoms with E-state index in [1.807, 2.05) is 0 Å². The maximum absolute atomic E-state index is 14.4. The van der Waals surface area contributed by atoms with Gasteiger partial charge in [-0.1, -0.05) is 12.1 Å². The first-order chi connectivity index (χ1) is 7.63. The molecule has 3 rings (SSSR count). The second-order valence-corrected chi connectivity index (χ2v) is 4.47. The second-order valence-electron chi connectivity index (χ2n) is 4.47. The number of carbonyl (C=O) groups excluding carboxylic acids is 1. The normalized spacial score (nSPS) is 31.9. The first-order valence-electron chi connectivity index (χ1n) is 5.42. The highest BCUT2D eigenvalue weighted by Gasteiger charge is 2.54. The minimum absolute atomic E-state index is 0.160. The maximum atomic E-state index is 14.4. The summed E-state index contributed by atoms with van der Waals surface area (Å²) < 4.78 is 27.9. The molecule has 84 valence electrons. The zero-order chi connectivity index (χ0) is 11.3. The van der Waals surface area contributed by atoms with Crippen LogP contribution in [0.5, 0.6) is 0 Å². The number of carbonyl (C=O) groups is 1. The Bertz CT molecular complexity index is 474. The Morgan fingerprint density at radius 2 is 2.25 bits per heavy atom. The fourth-order valence-electron chi connectivity index (χ4n) is 2.82. The number of rotatable bonds is 0. The van der Waals surface area contributed by atoms with Gasteiger partial charge in [-0.2, -0.15) is 0 Å². The molecule has 1 fully saturated rings. The summed E-state index contributed by atoms with van der Waals surface area (Å²) in [6.07, 6.45) is 1.52. The Kier molecular flexibility index (Phi) is 1.85. The van der Waals surface area contributed by atoms with E-state index in [1.165, 1.54) is 6.07 Å². The van der Waals surface area contributed by atoms with Crippen molar-refractivity contribution in [2.75, 3.05) is 5.32 Å². The Hall–Kier alpha value is -1.45. The summed E-state index contributed by atoms with van der Waals surface area (Å²) >= 11 is 0. The van der Waals surface area contributed by atoms with E-state index in [4.69, 9.17) is 0 Å². The molecule has 1 aromatic carbocycles. The number of para-hydroxylation sites is 1. The van der Waals surface area contributed by atoms with Crippen LogP contribution in [0.1, 0.15) is 30.7 Å². The molecule has 1 aromatic rings. The van der Waals surface area contributed by atoms with Crippen LogP contribution in [0.3, 0.4) is 0 Å². The van der Waals surface area contributed by atoms with Gasteiger partial charge in [-0.15, -0.1) is 0 Å². The van der Waals surface area contributed by atoms with Crippen LogP contribution in [-0.2, 0) is 4.79 Å². The highest BCUT2D eigenvalue weighted by atomic mass is 19.1. The highest BCUT2D eigenvalue weighted by Crippen LogP contribution is 2.51. The quantitative estimate of drug-likeness (QED) is 0.719. The van der Waals surface area contributed by atoms with Crippen molar-refractivity contribution in [3.63, 3.8) is 0 Å². The van der Waals surface area contributed by atoms with Crippen LogP contribution in [0, 0.1) is 5.82 Å². The average molecular weight is 223 g/mol. The lowest BCUT2D eigenvalue weighted by Crippen LogP contribution is -2.44. The predicted octanol–water partition coefficient (Wildman–Crippen LogP) is 2.75. The van der Waals surface area contributed by atoms with E-state index in [0.29, 0.717) is 18.4 Å². The number of hydrogen-bond acceptors (Lipinski definition) is 1. The number of fused-ring (bicyclic) bond motifs is 3. The van der Waals surface area contributed by atoms with Gasteiger partial charge >= 0.3 is 0 Å². The van der Waals surface area contributed by atoms with Gasteiger partial charge < -0.3 is 5.32 Å². The standard InChI is InChI=1S/C12H11F2NO/c13-9-5-1-3-7-8-4-2-6-12(8,14)11(16)15-10(7)9/h1,3,5,8H,2,4,6H2,(H,15,16). The summed E-state index contributed by atoms with van der Waals surface area (Å²) in [7, 11) is 0. The van der Waals surface area contributed by atoms with E-state index in [2.05, 4.69) is 5.32 Å². The Balaban J connectivity index is 2.20. The zero-order valence-corrected chi connectivity index (χ0v) is 8.59. The van der Waals surface area contributed by atoms with E-state index in [9.17, 15) is 13.6 Å². The molecule has 1 saturated carbocycles. The first kappa shape index (κ1) is 9.75. The van der Waals surface area contributed by atoms with E-state index in [0.717, 1.165) is 0 Å². The molecule has 16 heavy (non-hydrogen) atoms. The second kappa shape index (κ2) is 3.03. The average Bonchev–Trinajstić information content (AvgIpc) is 2.64. The van der Waals surface area contributed by atoms with Gasteiger partial charge in [0.2, 0.25) is 0 Å². The molecular formula is C12H11F2NO. The zero-order valence-electron chi connectivity index (χ0n) is 8.59. The number of benzene rings is 1. The summed E-state index contributed by atoms with van der Waals surface area (Å²) in [5.74, 6) is -1.65. The molecule has 2 atom stereocenters. The smallest absolute Gasteiger partial charge is 0.262 e. The van der Waals surface area contributed by atoms with Crippen molar-refractivity contribution >= 4 is 11.6 Å². The van der Waals surface area contributed by atoms with Gasteiger partial charge in [0.05, 0.1) is 5.69 Å². The third-order valence-electron chi connectivity index (χ3n) is 3.62. The number of halogens is 2. The lowest BCUT2D eigenvalue weighted by molar-refractivity contribution is -0.128. The van der Waals surface area contributed by atoms with Crippen LogP contribution in [0.2, 0.25) is 0 Å². The largest absolute Gasteiger partial charge is 0.321 e. The van der Waals surface area contributed by atoms with Crippen LogP contribution in [-0.4, -0.2) is 11.6 Å². The molecule has 1 aliphatic carbocycles. The molecule has 2 unspecified atom stereocenters. The van der Waals surface area contributed by atoms with Gasteiger partial charge in [-0.3, -0.25) is 4.79 Å². The Morgan fingerprint density at radius 3 is 3.06 bits per heavy atom. The topological polar surface area (TPSA) is 29.1 Å². The summed E-state index contributed by atoms with van der Waals surface area (Å²) in [5.41, 5.74) is -1.08. The minimum Gasteiger partial charge on any atom is -0.321 e. The molecular weight excluding hydrogens is 212 g/mol. The van der Waals surface area contributed by atoms with Crippen molar-refractivity contribution in [2.24, 2.45) is 0 Å². The summed E-state index contributed by atoms with van der Waals surface area (Å²) in [6, 6.07) is 4.53. The van der Waals surface area contributed by atoms with Gasteiger partial charge in [0.15, 0.2) is 5.67 Å². The van der Waals surface area contributed by atoms with E-state index in [-0.39, 0.29) is 12.1 Å². The molecule has 2 nitrogen and oxygen atoms in total. The number of hydrogen-bond donors (Lipinski definition) is 1. The molecule has 0 radical (unpaired) electrons. The van der Waals surface area contributed by atoms with Crippen LogP contribution < -0.4 is 5.32 Å². The molecule has 0 aromatic heterocycles. The van der Waals surface area contributed by atoms with Crippen molar-refractivity contribution in [3.8, 4) is 0 Å². The van der Waals surface area contributed by atoms with Gasteiger partial charge in [0, 0.05) is 5.92 Å². The van der Waals surface area contributed by atoms with Crippen molar-refractivity contribution in [2.45, 2.75) is 30.8 Å². The van der Waals surface area contributed by atoms with Gasteiger partial charge in [0.1, 0.15) is 5.82 Å². The fraction of sp³-hybridized carbons (Fsp3) is 0.417. The Morgan fingerprint density at radius 1 is 1.44 bits per heavy atom. The summed E-state index contributed by atoms with van der Waals surface area (Å²) in [4.78, 5) is 11.7. The lowest BCUT2D eigenvalue weighted by Gasteiger charge is -2.33. The van der Waals surface area contributed by atoms with Crippen LogP contribution in [0.25, 0.3) is 0 Å². The molecule has 1 amide bonds. The first-order valence-corrected chi connectivity index (χ1v) is 5.42.